The van der Waals surface area contributed by atoms with Crippen molar-refractivity contribution in [1.82, 2.24) is 4.90 Å². The number of rotatable bonds is 6. The Balaban J connectivity index is 1.46. The monoisotopic (exact) mass is 437 g/mol. The zero-order valence-electron chi connectivity index (χ0n) is 19.9. The van der Waals surface area contributed by atoms with Crippen molar-refractivity contribution in [2.75, 3.05) is 43.0 Å². The molecule has 6 heteroatoms. The minimum atomic E-state index is -0.344. The molecule has 2 amide bonds. The molecule has 6 nitrogen and oxygen atoms in total. The molecule has 0 bridgehead atoms. The minimum Gasteiger partial charge on any atom is -0.484 e. The van der Waals surface area contributed by atoms with Gasteiger partial charge in [0.25, 0.3) is 5.91 Å². The van der Waals surface area contributed by atoms with Crippen LogP contribution < -0.4 is 15.0 Å². The lowest BCUT2D eigenvalue weighted by atomic mass is 9.94. The molecule has 1 aliphatic rings. The molecule has 0 saturated carbocycles. The summed E-state index contributed by atoms with van der Waals surface area (Å²) in [7, 11) is 0. The highest BCUT2D eigenvalue weighted by Gasteiger charge is 2.29. The van der Waals surface area contributed by atoms with Crippen LogP contribution in [0.4, 0.5) is 11.4 Å². The van der Waals surface area contributed by atoms with Gasteiger partial charge in [-0.3, -0.25) is 9.59 Å². The molecule has 1 saturated heterocycles. The quantitative estimate of drug-likeness (QED) is 0.722. The van der Waals surface area contributed by atoms with Crippen LogP contribution in [0.15, 0.2) is 48.5 Å². The average Bonchev–Trinajstić information content (AvgIpc) is 2.77. The number of carbonyl (C=O) groups is 2. The van der Waals surface area contributed by atoms with Gasteiger partial charge in [0.15, 0.2) is 6.61 Å². The summed E-state index contributed by atoms with van der Waals surface area (Å²) >= 11 is 0. The Kier molecular flexibility index (Phi) is 7.44. The van der Waals surface area contributed by atoms with E-state index in [4.69, 9.17) is 4.74 Å². The number of piperazine rings is 1. The van der Waals surface area contributed by atoms with Crippen LogP contribution in [0.1, 0.15) is 46.1 Å². The van der Waals surface area contributed by atoms with Crippen LogP contribution in [0.2, 0.25) is 0 Å². The Labute approximate surface area is 191 Å². The van der Waals surface area contributed by atoms with Gasteiger partial charge in [0.2, 0.25) is 5.91 Å². The Morgan fingerprint density at radius 3 is 2.06 bits per heavy atom. The molecular formula is C26H35N3O3. The van der Waals surface area contributed by atoms with Crippen molar-refractivity contribution in [1.29, 1.82) is 0 Å². The number of hydrogen-bond donors (Lipinski definition) is 1. The van der Waals surface area contributed by atoms with Gasteiger partial charge in [0.1, 0.15) is 5.75 Å². The van der Waals surface area contributed by atoms with E-state index < -0.39 is 0 Å². The lowest BCUT2D eigenvalue weighted by Gasteiger charge is -2.38. The van der Waals surface area contributed by atoms with E-state index in [-0.39, 0.29) is 23.8 Å². The molecule has 1 fully saturated rings. The van der Waals surface area contributed by atoms with Crippen LogP contribution in [-0.2, 0) is 9.59 Å². The first kappa shape index (κ1) is 23.6. The maximum absolute atomic E-state index is 12.5. The summed E-state index contributed by atoms with van der Waals surface area (Å²) in [4.78, 5) is 28.9. The minimum absolute atomic E-state index is 0.0352. The Hall–Kier alpha value is -3.02. The second-order valence-electron chi connectivity index (χ2n) is 9.64. The third-order valence-electron chi connectivity index (χ3n) is 5.64. The van der Waals surface area contributed by atoms with Gasteiger partial charge in [-0.25, -0.2) is 0 Å². The molecule has 32 heavy (non-hydrogen) atoms. The van der Waals surface area contributed by atoms with Crippen molar-refractivity contribution in [2.24, 2.45) is 5.41 Å². The maximum Gasteiger partial charge on any atom is 0.262 e. The molecule has 1 aliphatic heterocycles. The number of anilines is 2. The molecule has 1 N–H and O–H groups in total. The van der Waals surface area contributed by atoms with Crippen molar-refractivity contribution < 1.29 is 14.3 Å². The fourth-order valence-corrected chi connectivity index (χ4v) is 3.69. The molecule has 2 aromatic carbocycles. The highest BCUT2D eigenvalue weighted by molar-refractivity contribution is 5.92. The molecule has 0 atom stereocenters. The molecule has 0 unspecified atom stereocenters. The van der Waals surface area contributed by atoms with Gasteiger partial charge in [-0.2, -0.15) is 0 Å². The van der Waals surface area contributed by atoms with E-state index in [0.29, 0.717) is 11.7 Å². The topological polar surface area (TPSA) is 61.9 Å². The van der Waals surface area contributed by atoms with Crippen LogP contribution in [0.5, 0.6) is 5.75 Å². The first-order chi connectivity index (χ1) is 15.1. The number of benzene rings is 2. The molecule has 172 valence electrons. The van der Waals surface area contributed by atoms with E-state index >= 15 is 0 Å². The molecule has 3 rings (SSSR count). The van der Waals surface area contributed by atoms with Crippen LogP contribution in [0.25, 0.3) is 0 Å². The third kappa shape index (κ3) is 6.25. The fraction of sp³-hybridized carbons (Fsp3) is 0.462. The third-order valence-corrected chi connectivity index (χ3v) is 5.64. The predicted molar refractivity (Wildman–Crippen MR) is 129 cm³/mol. The van der Waals surface area contributed by atoms with E-state index in [1.807, 2.05) is 74.2 Å². The lowest BCUT2D eigenvalue weighted by molar-refractivity contribution is -0.139. The van der Waals surface area contributed by atoms with Gasteiger partial charge >= 0.3 is 0 Å². The summed E-state index contributed by atoms with van der Waals surface area (Å²) in [6.45, 7) is 13.2. The molecule has 2 aromatic rings. The molecule has 1 heterocycles. The van der Waals surface area contributed by atoms with Gasteiger partial charge in [0.05, 0.1) is 0 Å². The number of nitrogens with one attached hydrogen (secondary N) is 1. The first-order valence-electron chi connectivity index (χ1n) is 11.3. The fourth-order valence-electron chi connectivity index (χ4n) is 3.69. The Morgan fingerprint density at radius 1 is 0.938 bits per heavy atom. The van der Waals surface area contributed by atoms with Gasteiger partial charge in [-0.15, -0.1) is 0 Å². The summed E-state index contributed by atoms with van der Waals surface area (Å²) in [5, 5.41) is 2.88. The van der Waals surface area contributed by atoms with Crippen LogP contribution in [0, 0.1) is 5.41 Å². The SMILES string of the molecule is CC(C)c1ccc(OCC(=O)Nc2ccc(N3CCN(C(=O)C(C)(C)C)CC3)cc2)cc1. The molecule has 0 radical (unpaired) electrons. The zero-order chi connectivity index (χ0) is 23.3. The number of amides is 2. The standard InChI is InChI=1S/C26H35N3O3/c1-19(2)20-6-12-23(13-7-20)32-18-24(30)27-21-8-10-22(11-9-21)28-14-16-29(17-15-28)25(31)26(3,4)5/h6-13,19H,14-18H2,1-5H3,(H,27,30). The van der Waals surface area contributed by atoms with Crippen molar-refractivity contribution in [2.45, 2.75) is 40.5 Å². The van der Waals surface area contributed by atoms with E-state index in [9.17, 15) is 9.59 Å². The zero-order valence-corrected chi connectivity index (χ0v) is 19.9. The van der Waals surface area contributed by atoms with Gasteiger partial charge < -0.3 is 19.9 Å². The van der Waals surface area contributed by atoms with Crippen molar-refractivity contribution >= 4 is 23.2 Å². The summed E-state index contributed by atoms with van der Waals surface area (Å²) in [6.07, 6.45) is 0. The van der Waals surface area contributed by atoms with E-state index in [0.717, 1.165) is 37.6 Å². The highest BCUT2D eigenvalue weighted by atomic mass is 16.5. The van der Waals surface area contributed by atoms with Gasteiger partial charge in [-0.1, -0.05) is 46.8 Å². The number of ether oxygens (including phenoxy) is 1. The van der Waals surface area contributed by atoms with E-state index in [2.05, 4.69) is 24.1 Å². The highest BCUT2D eigenvalue weighted by Crippen LogP contribution is 2.23. The lowest BCUT2D eigenvalue weighted by Crippen LogP contribution is -2.51. The molecular weight excluding hydrogens is 402 g/mol. The number of nitrogens with zero attached hydrogens (tertiary/aromatic N) is 2. The summed E-state index contributed by atoms with van der Waals surface area (Å²) in [5.74, 6) is 1.16. The summed E-state index contributed by atoms with van der Waals surface area (Å²) < 4.78 is 5.59. The summed E-state index contributed by atoms with van der Waals surface area (Å²) in [5.41, 5.74) is 2.72. The number of hydrogen-bond acceptors (Lipinski definition) is 4. The second-order valence-corrected chi connectivity index (χ2v) is 9.64. The first-order valence-corrected chi connectivity index (χ1v) is 11.3. The maximum atomic E-state index is 12.5. The smallest absolute Gasteiger partial charge is 0.262 e. The van der Waals surface area contributed by atoms with Crippen LogP contribution in [0.3, 0.4) is 0 Å². The van der Waals surface area contributed by atoms with Gasteiger partial charge in [0, 0.05) is 43.0 Å². The van der Waals surface area contributed by atoms with Gasteiger partial charge in [-0.05, 0) is 47.9 Å². The Bertz CT molecular complexity index is 907. The largest absolute Gasteiger partial charge is 0.484 e. The molecule has 0 aromatic heterocycles. The molecule has 0 spiro atoms. The summed E-state index contributed by atoms with van der Waals surface area (Å²) in [6, 6.07) is 15.6. The van der Waals surface area contributed by atoms with E-state index in [1.165, 1.54) is 5.56 Å². The van der Waals surface area contributed by atoms with Crippen molar-refractivity contribution in [3.05, 3.63) is 54.1 Å². The Morgan fingerprint density at radius 2 is 1.53 bits per heavy atom. The predicted octanol–water partition coefficient (Wildman–Crippen LogP) is 4.52. The average molecular weight is 438 g/mol. The van der Waals surface area contributed by atoms with Crippen molar-refractivity contribution in [3.63, 3.8) is 0 Å². The normalized spacial score (nSPS) is 14.4. The van der Waals surface area contributed by atoms with Crippen LogP contribution in [-0.4, -0.2) is 49.5 Å². The second kappa shape index (κ2) is 10.1. The van der Waals surface area contributed by atoms with Crippen molar-refractivity contribution in [3.8, 4) is 5.75 Å². The molecule has 0 aliphatic carbocycles. The van der Waals surface area contributed by atoms with E-state index in [1.54, 1.807) is 0 Å². The number of carbonyl (C=O) groups excluding carboxylic acids is 2. The van der Waals surface area contributed by atoms with Crippen LogP contribution >= 0.6 is 0 Å².